The zero-order valence-corrected chi connectivity index (χ0v) is 25.7. The number of benzene rings is 5. The molecule has 7 rings (SSSR count). The lowest BCUT2D eigenvalue weighted by Gasteiger charge is -2.19. The van der Waals surface area contributed by atoms with Gasteiger partial charge in [-0.1, -0.05) is 77.9 Å². The number of carbonyl (C=O) groups is 2. The molecule has 0 aliphatic carbocycles. The molecule has 212 valence electrons. The van der Waals surface area contributed by atoms with Crippen LogP contribution >= 0.6 is 0 Å². The third kappa shape index (κ3) is 3.82. The third-order valence-corrected chi connectivity index (χ3v) is 9.04. The number of carbonyl (C=O) groups excluding carboxylic acids is 2. The van der Waals surface area contributed by atoms with E-state index in [-0.39, 0.29) is 11.8 Å². The Hall–Kier alpha value is -4.96. The first-order valence-electron chi connectivity index (χ1n) is 14.8. The highest BCUT2D eigenvalue weighted by atomic mass is 16.2. The van der Waals surface area contributed by atoms with Gasteiger partial charge in [0, 0.05) is 28.9 Å². The van der Waals surface area contributed by atoms with Crippen LogP contribution in [0.2, 0.25) is 0 Å². The van der Waals surface area contributed by atoms with Crippen molar-refractivity contribution >= 4 is 33.6 Å². The molecule has 1 aromatic heterocycles. The Bertz CT molecular complexity index is 2040. The van der Waals surface area contributed by atoms with Crippen LogP contribution in [0.5, 0.6) is 0 Å². The highest BCUT2D eigenvalue weighted by Crippen LogP contribution is 2.45. The highest BCUT2D eigenvalue weighted by Gasteiger charge is 2.36. The van der Waals surface area contributed by atoms with E-state index < -0.39 is 0 Å². The van der Waals surface area contributed by atoms with E-state index in [1.807, 2.05) is 12.1 Å². The maximum Gasteiger partial charge on any atom is 0.263 e. The van der Waals surface area contributed by atoms with Crippen molar-refractivity contribution in [2.75, 3.05) is 7.05 Å². The fourth-order valence-electron chi connectivity index (χ4n) is 7.54. The van der Waals surface area contributed by atoms with Crippen LogP contribution in [-0.2, 0) is 0 Å². The van der Waals surface area contributed by atoms with Gasteiger partial charge in [-0.2, -0.15) is 0 Å². The Labute approximate surface area is 252 Å². The van der Waals surface area contributed by atoms with Crippen LogP contribution in [0.15, 0.2) is 78.9 Å². The van der Waals surface area contributed by atoms with Crippen LogP contribution in [0, 0.1) is 41.5 Å². The highest BCUT2D eigenvalue weighted by molar-refractivity contribution is 6.24. The predicted octanol–water partition coefficient (Wildman–Crippen LogP) is 9.19. The molecule has 0 N–H and O–H groups in total. The summed E-state index contributed by atoms with van der Waals surface area (Å²) in [5.41, 5.74) is 15.6. The lowest BCUT2D eigenvalue weighted by Crippen LogP contribution is -2.24. The minimum Gasteiger partial charge on any atom is -0.307 e. The fourth-order valence-corrected chi connectivity index (χ4v) is 7.54. The van der Waals surface area contributed by atoms with Crippen molar-refractivity contribution in [3.63, 3.8) is 0 Å². The number of para-hydroxylation sites is 2. The summed E-state index contributed by atoms with van der Waals surface area (Å²) in [7, 11) is 1.56. The van der Waals surface area contributed by atoms with Crippen LogP contribution in [-0.4, -0.2) is 28.3 Å². The minimum atomic E-state index is -0.272. The Balaban J connectivity index is 1.73. The molecule has 0 saturated heterocycles. The standard InChI is InChI=1S/C39H34N2O2/c1-21-17-23(3)33(24(4)18-21)29-13-8-11-27-28-12-9-14-30(34-25(5)19-22(2)20-26(34)6)37(28)41(36(27)29)32-16-10-15-31-35(32)39(43)40(7)38(31)42/h8-20H,1-7H3. The molecule has 43 heavy (non-hydrogen) atoms. The first kappa shape index (κ1) is 26.9. The van der Waals surface area contributed by atoms with Crippen molar-refractivity contribution in [3.8, 4) is 27.9 Å². The zero-order valence-electron chi connectivity index (χ0n) is 25.7. The predicted molar refractivity (Wildman–Crippen MR) is 176 cm³/mol. The van der Waals surface area contributed by atoms with Crippen LogP contribution in [0.25, 0.3) is 49.7 Å². The quantitative estimate of drug-likeness (QED) is 0.202. The van der Waals surface area contributed by atoms with Crippen molar-refractivity contribution in [3.05, 3.63) is 123 Å². The molecule has 0 unspecified atom stereocenters. The van der Waals surface area contributed by atoms with Gasteiger partial charge in [0.2, 0.25) is 0 Å². The molecule has 1 aliphatic heterocycles. The summed E-state index contributed by atoms with van der Waals surface area (Å²) >= 11 is 0. The molecule has 6 aromatic rings. The van der Waals surface area contributed by atoms with E-state index in [9.17, 15) is 9.59 Å². The second-order valence-corrected chi connectivity index (χ2v) is 12.2. The van der Waals surface area contributed by atoms with Crippen LogP contribution in [0.1, 0.15) is 54.1 Å². The Morgan fingerprint density at radius 1 is 0.488 bits per heavy atom. The molecule has 2 heterocycles. The molecule has 4 nitrogen and oxygen atoms in total. The lowest BCUT2D eigenvalue weighted by atomic mass is 9.91. The first-order valence-corrected chi connectivity index (χ1v) is 14.8. The molecule has 0 spiro atoms. The maximum atomic E-state index is 13.7. The molecular formula is C39H34N2O2. The van der Waals surface area contributed by atoms with Crippen molar-refractivity contribution < 1.29 is 9.59 Å². The van der Waals surface area contributed by atoms with Gasteiger partial charge in [0.25, 0.3) is 11.8 Å². The number of aromatic nitrogens is 1. The Kier molecular flexibility index (Phi) is 5.97. The molecule has 0 saturated carbocycles. The van der Waals surface area contributed by atoms with Gasteiger partial charge < -0.3 is 4.57 Å². The average Bonchev–Trinajstić information content (AvgIpc) is 3.40. The number of rotatable bonds is 3. The third-order valence-electron chi connectivity index (χ3n) is 9.04. The number of imide groups is 1. The average molecular weight is 563 g/mol. The van der Waals surface area contributed by atoms with Crippen LogP contribution in [0.4, 0.5) is 0 Å². The van der Waals surface area contributed by atoms with Gasteiger partial charge in [-0.15, -0.1) is 0 Å². The smallest absolute Gasteiger partial charge is 0.263 e. The summed E-state index contributed by atoms with van der Waals surface area (Å²) < 4.78 is 2.26. The van der Waals surface area contributed by atoms with E-state index in [2.05, 4.69) is 107 Å². The van der Waals surface area contributed by atoms with Gasteiger partial charge in [0.05, 0.1) is 27.8 Å². The second kappa shape index (κ2) is 9.53. The van der Waals surface area contributed by atoms with E-state index in [4.69, 9.17) is 0 Å². The number of aryl methyl sites for hydroxylation is 6. The van der Waals surface area contributed by atoms with Gasteiger partial charge in [-0.05, 0) is 87.1 Å². The lowest BCUT2D eigenvalue weighted by molar-refractivity contribution is 0.0693. The first-order chi connectivity index (χ1) is 20.6. The number of hydrogen-bond acceptors (Lipinski definition) is 2. The van der Waals surface area contributed by atoms with Crippen molar-refractivity contribution in [2.45, 2.75) is 41.5 Å². The molecule has 0 fully saturated rings. The van der Waals surface area contributed by atoms with Gasteiger partial charge >= 0.3 is 0 Å². The van der Waals surface area contributed by atoms with Gasteiger partial charge in [-0.3, -0.25) is 14.5 Å². The zero-order chi connectivity index (χ0) is 30.3. The SMILES string of the molecule is Cc1cc(C)c(-c2cccc3c4cccc(-c5c(C)cc(C)cc5C)c4n(-c4cccc5c4C(=O)N(C)C5=O)c23)c(C)c1. The monoisotopic (exact) mass is 562 g/mol. The number of hydrogen-bond donors (Lipinski definition) is 0. The molecule has 4 heteroatoms. The van der Waals surface area contributed by atoms with Gasteiger partial charge in [0.1, 0.15) is 0 Å². The van der Waals surface area contributed by atoms with Crippen LogP contribution < -0.4 is 0 Å². The molecular weight excluding hydrogens is 528 g/mol. The maximum absolute atomic E-state index is 13.7. The summed E-state index contributed by atoms with van der Waals surface area (Å²) in [5, 5.41) is 2.22. The van der Waals surface area contributed by atoms with Gasteiger partial charge in [0.15, 0.2) is 0 Å². The van der Waals surface area contributed by atoms with Crippen molar-refractivity contribution in [2.24, 2.45) is 0 Å². The Morgan fingerprint density at radius 3 is 1.37 bits per heavy atom. The summed E-state index contributed by atoms with van der Waals surface area (Å²) in [4.78, 5) is 28.1. The second-order valence-electron chi connectivity index (χ2n) is 12.2. The largest absolute Gasteiger partial charge is 0.307 e. The van der Waals surface area contributed by atoms with Crippen LogP contribution in [0.3, 0.4) is 0 Å². The Morgan fingerprint density at radius 2 is 0.907 bits per heavy atom. The van der Waals surface area contributed by atoms with Crippen molar-refractivity contribution in [1.82, 2.24) is 9.47 Å². The van der Waals surface area contributed by atoms with E-state index in [1.165, 1.54) is 49.4 Å². The van der Waals surface area contributed by atoms with E-state index in [0.29, 0.717) is 11.1 Å². The fraction of sp³-hybridized carbons (Fsp3) is 0.179. The molecule has 1 aliphatic rings. The topological polar surface area (TPSA) is 42.3 Å². The summed E-state index contributed by atoms with van der Waals surface area (Å²) in [6, 6.07) is 27.6. The summed E-state index contributed by atoms with van der Waals surface area (Å²) in [5.74, 6) is -0.538. The van der Waals surface area contributed by atoms with Gasteiger partial charge in [-0.25, -0.2) is 0 Å². The summed E-state index contributed by atoms with van der Waals surface area (Å²) in [6.07, 6.45) is 0. The molecule has 0 radical (unpaired) electrons. The number of fused-ring (bicyclic) bond motifs is 4. The molecule has 2 amide bonds. The number of nitrogens with zero attached hydrogens (tertiary/aromatic N) is 2. The summed E-state index contributed by atoms with van der Waals surface area (Å²) in [6.45, 7) is 12.9. The molecule has 5 aromatic carbocycles. The molecule has 0 atom stereocenters. The van der Waals surface area contributed by atoms with E-state index in [0.717, 1.165) is 38.6 Å². The normalized spacial score (nSPS) is 13.0. The van der Waals surface area contributed by atoms with Crippen molar-refractivity contribution in [1.29, 1.82) is 0 Å². The van der Waals surface area contributed by atoms with E-state index in [1.54, 1.807) is 13.1 Å². The number of amides is 2. The van der Waals surface area contributed by atoms with E-state index >= 15 is 0 Å². The minimum absolute atomic E-state index is 0.265. The molecule has 0 bridgehead atoms.